The molecule has 0 heterocycles. The van der Waals surface area contributed by atoms with Gasteiger partial charge in [-0.25, -0.2) is 0 Å². The van der Waals surface area contributed by atoms with Gasteiger partial charge in [-0.3, -0.25) is 0 Å². The van der Waals surface area contributed by atoms with Gasteiger partial charge in [0, 0.05) is 14.2 Å². The number of rotatable bonds is 2. The van der Waals surface area contributed by atoms with E-state index < -0.39 is 0 Å². The van der Waals surface area contributed by atoms with Gasteiger partial charge in [-0.1, -0.05) is 0 Å². The smallest absolute Gasteiger partial charge is 0.679 e. The third kappa shape index (κ3) is 250. The fraction of sp³-hybridized carbons (Fsp3) is 1.00. The summed E-state index contributed by atoms with van der Waals surface area (Å²) in [7, 11) is 2.00. The predicted octanol–water partition coefficient (Wildman–Crippen LogP) is 1.40. The zero-order chi connectivity index (χ0) is 10.8. The molecule has 0 aromatic rings. The molecule has 13 heavy (non-hydrogen) atoms. The number of aliphatic hydroxyl groups excluding tert-OH is 2. The summed E-state index contributed by atoms with van der Waals surface area (Å²) < 4.78 is 0. The van der Waals surface area contributed by atoms with Crippen molar-refractivity contribution in [1.29, 1.82) is 0 Å². The summed E-state index contributed by atoms with van der Waals surface area (Å²) in [5.74, 6) is 0. The second-order valence-corrected chi connectivity index (χ2v) is 1.000. The Bertz CT molecular complexity index is 30.6. The molecule has 0 bridgehead atoms. The van der Waals surface area contributed by atoms with Crippen LogP contribution in [0.3, 0.4) is 0 Å². The van der Waals surface area contributed by atoms with E-state index in [1.54, 1.807) is 0 Å². The maximum absolute atomic E-state index is 7.00. The van der Waals surface area contributed by atoms with Crippen LogP contribution in [0.4, 0.5) is 0 Å². The first kappa shape index (κ1) is 29.2. The zero-order valence-electron chi connectivity index (χ0n) is 8.02. The largest absolute Gasteiger partial charge is 2.00 e. The molecule has 0 aliphatic heterocycles. The number of nitrogens with one attached hydrogen (secondary N) is 4. The van der Waals surface area contributed by atoms with E-state index >= 15 is 0 Å². The van der Waals surface area contributed by atoms with E-state index in [1.165, 1.54) is 0 Å². The van der Waals surface area contributed by atoms with Gasteiger partial charge in [0.15, 0.2) is 0 Å². The molecule has 0 spiro atoms. The molecule has 6 nitrogen and oxygen atoms in total. The first-order valence-electron chi connectivity index (χ1n) is 3.31. The van der Waals surface area contributed by atoms with Gasteiger partial charge in [-0.2, -0.15) is 26.2 Å². The molecule has 0 rings (SSSR count). The summed E-state index contributed by atoms with van der Waals surface area (Å²) in [6, 6.07) is 0. The quantitative estimate of drug-likeness (QED) is 0.709. The number of aliphatic hydroxyl groups is 2. The number of hydrogen-bond donors (Lipinski definition) is 2. The Hall–Kier alpha value is 0.279. The van der Waals surface area contributed by atoms with E-state index in [1.807, 2.05) is 0 Å². The van der Waals surface area contributed by atoms with Gasteiger partial charge in [0.25, 0.3) is 0 Å². The van der Waals surface area contributed by atoms with Crippen molar-refractivity contribution in [3.05, 3.63) is 22.9 Å². The van der Waals surface area contributed by atoms with E-state index in [0.717, 1.165) is 14.2 Å². The van der Waals surface area contributed by atoms with Gasteiger partial charge in [0.1, 0.15) is 0 Å². The Balaban J connectivity index is -0.0000000226. The molecule has 0 aromatic heterocycles. The van der Waals surface area contributed by atoms with Crippen molar-refractivity contribution in [3.63, 3.8) is 0 Å². The molecule has 0 saturated heterocycles. The van der Waals surface area contributed by atoms with Crippen molar-refractivity contribution in [2.75, 3.05) is 40.4 Å². The fourth-order valence-electron chi connectivity index (χ4n) is 0. The Kier molecular flexibility index (Phi) is 192. The molecule has 0 unspecified atom stereocenters. The maximum atomic E-state index is 7.00. The van der Waals surface area contributed by atoms with E-state index in [9.17, 15) is 0 Å². The van der Waals surface area contributed by atoms with Gasteiger partial charge in [0.05, 0.1) is 0 Å². The van der Waals surface area contributed by atoms with Crippen LogP contribution in [0.5, 0.6) is 0 Å². The molecule has 0 saturated carbocycles. The molecule has 0 amide bonds. The average molecular weight is 244 g/mol. The summed E-state index contributed by atoms with van der Waals surface area (Å²) in [4.78, 5) is 0. The summed E-state index contributed by atoms with van der Waals surface area (Å²) in [5.41, 5.74) is 25.1. The van der Waals surface area contributed by atoms with Crippen molar-refractivity contribution in [2.45, 2.75) is 0 Å². The molecule has 6 N–H and O–H groups in total. The molecule has 0 fully saturated rings. The summed E-state index contributed by atoms with van der Waals surface area (Å²) in [6.45, 7) is 0.944. The monoisotopic (exact) mass is 243 g/mol. The second-order valence-electron chi connectivity index (χ2n) is 1.000. The zero-order valence-corrected chi connectivity index (χ0v) is 8.97. The van der Waals surface area contributed by atoms with Gasteiger partial charge in [-0.15, -0.1) is 0 Å². The molecule has 7 heteroatoms. The standard InChI is InChI=1S/2C2H6N2.2CH4O.Cu/c2*3-1-2-4;2*1-2;/h2*3-4H,1-2H2;2*2H,1H3;/q2*-2;;;+2. The van der Waals surface area contributed by atoms with Gasteiger partial charge in [0.2, 0.25) is 0 Å². The van der Waals surface area contributed by atoms with E-state index in [2.05, 4.69) is 0 Å². The first-order chi connectivity index (χ1) is 5.83. The third-order valence-corrected chi connectivity index (χ3v) is 0.250. The minimum atomic E-state index is 0. The molecule has 89 valence electrons. The normalized spacial score (nSPS) is 5.54. The third-order valence-electron chi connectivity index (χ3n) is 0.250. The molecular formula is C6H20CuN4O2-2. The van der Waals surface area contributed by atoms with Crippen LogP contribution >= 0.6 is 0 Å². The topological polar surface area (TPSA) is 136 Å². The number of hydrogen-bond acceptors (Lipinski definition) is 2. The Morgan fingerprint density at radius 2 is 0.692 bits per heavy atom. The molecule has 0 aromatic carbocycles. The molecular weight excluding hydrogens is 224 g/mol. The van der Waals surface area contributed by atoms with Crippen LogP contribution < -0.4 is 0 Å². The van der Waals surface area contributed by atoms with Gasteiger partial charge in [-0.05, 0) is 0 Å². The minimum absolute atomic E-state index is 0. The van der Waals surface area contributed by atoms with E-state index in [-0.39, 0.29) is 43.2 Å². The van der Waals surface area contributed by atoms with Crippen LogP contribution in [0.1, 0.15) is 0 Å². The molecule has 0 aliphatic rings. The molecule has 0 aliphatic carbocycles. The summed E-state index contributed by atoms with van der Waals surface area (Å²) >= 11 is 0. The van der Waals surface area contributed by atoms with Crippen molar-refractivity contribution in [1.82, 2.24) is 0 Å². The van der Waals surface area contributed by atoms with Gasteiger partial charge >= 0.3 is 17.1 Å². The van der Waals surface area contributed by atoms with E-state index in [4.69, 9.17) is 33.1 Å². The van der Waals surface area contributed by atoms with Crippen LogP contribution in [0, 0.1) is 0 Å². The van der Waals surface area contributed by atoms with Crippen molar-refractivity contribution in [2.24, 2.45) is 0 Å². The van der Waals surface area contributed by atoms with Crippen LogP contribution in [0.15, 0.2) is 0 Å². The Labute approximate surface area is 91.1 Å². The minimum Gasteiger partial charge on any atom is -0.679 e. The Morgan fingerprint density at radius 1 is 0.615 bits per heavy atom. The summed E-state index contributed by atoms with van der Waals surface area (Å²) in [6.07, 6.45) is 0. The van der Waals surface area contributed by atoms with Crippen LogP contribution in [-0.4, -0.2) is 50.6 Å². The second kappa shape index (κ2) is 85.3. The van der Waals surface area contributed by atoms with Gasteiger partial charge < -0.3 is 33.1 Å². The fourth-order valence-corrected chi connectivity index (χ4v) is 0. The first-order valence-corrected chi connectivity index (χ1v) is 3.31. The van der Waals surface area contributed by atoms with Crippen LogP contribution in [0.25, 0.3) is 22.9 Å². The van der Waals surface area contributed by atoms with Crippen molar-refractivity contribution in [3.8, 4) is 0 Å². The SMILES string of the molecule is CO.CO.[Cu+2].[NH-]CC[NH-].[NH-]CC[NH-]. The van der Waals surface area contributed by atoms with Crippen molar-refractivity contribution >= 4 is 0 Å². The van der Waals surface area contributed by atoms with Crippen LogP contribution in [0.2, 0.25) is 0 Å². The van der Waals surface area contributed by atoms with E-state index in [0.29, 0.717) is 0 Å². The molecule has 0 atom stereocenters. The van der Waals surface area contributed by atoms with Crippen LogP contribution in [-0.2, 0) is 17.1 Å². The predicted molar refractivity (Wildman–Crippen MR) is 53.0 cm³/mol. The Morgan fingerprint density at radius 3 is 0.692 bits per heavy atom. The average Bonchev–Trinajstić information content (AvgIpc) is 2.23. The molecule has 1 radical (unpaired) electrons. The van der Waals surface area contributed by atoms with Crippen molar-refractivity contribution < 1.29 is 27.3 Å². The maximum Gasteiger partial charge on any atom is 2.00 e. The summed E-state index contributed by atoms with van der Waals surface area (Å²) in [5, 5.41) is 14.0.